The van der Waals surface area contributed by atoms with E-state index in [9.17, 15) is 0 Å². The summed E-state index contributed by atoms with van der Waals surface area (Å²) in [5, 5.41) is 0. The smallest absolute Gasteiger partial charge is 0.0941 e. The summed E-state index contributed by atoms with van der Waals surface area (Å²) in [5.74, 6) is 0. The Hall–Kier alpha value is 0.314. The Balaban J connectivity index is 4.03. The molecule has 0 aliphatic heterocycles. The van der Waals surface area contributed by atoms with Gasteiger partial charge in [0.25, 0.3) is 0 Å². The Morgan fingerprint density at radius 3 is 2.00 bits per heavy atom. The summed E-state index contributed by atoms with van der Waals surface area (Å²) in [7, 11) is -2.30. The molecule has 0 rings (SSSR count). The lowest BCUT2D eigenvalue weighted by molar-refractivity contribution is 0.0264. The highest BCUT2D eigenvalue weighted by Gasteiger charge is 2.28. The third-order valence-corrected chi connectivity index (χ3v) is 6.49. The van der Waals surface area contributed by atoms with Gasteiger partial charge < -0.3 is 15.2 Å². The first-order valence-corrected chi connectivity index (χ1v) is 13.3. The van der Waals surface area contributed by atoms with Crippen molar-refractivity contribution in [2.45, 2.75) is 51.1 Å². The van der Waals surface area contributed by atoms with Gasteiger partial charge in [0.05, 0.1) is 27.1 Å². The minimum atomic E-state index is -1.31. The van der Waals surface area contributed by atoms with Crippen molar-refractivity contribution in [3.05, 3.63) is 0 Å². The Kier molecular flexibility index (Phi) is 7.04. The summed E-state index contributed by atoms with van der Waals surface area (Å²) < 4.78 is 11.3. The van der Waals surface area contributed by atoms with Crippen molar-refractivity contribution in [3.8, 4) is 0 Å². The summed E-state index contributed by atoms with van der Waals surface area (Å²) in [5.41, 5.74) is 5.63. The van der Waals surface area contributed by atoms with Gasteiger partial charge in [-0.2, -0.15) is 0 Å². The Morgan fingerprint density at radius 1 is 1.06 bits per heavy atom. The maximum absolute atomic E-state index is 6.00. The highest BCUT2D eigenvalue weighted by molar-refractivity contribution is 6.77. The van der Waals surface area contributed by atoms with Crippen LogP contribution in [0, 0.1) is 0 Å². The minimum absolute atomic E-state index is 0.271. The topological polar surface area (TPSA) is 44.5 Å². The molecule has 0 spiro atoms. The van der Waals surface area contributed by atoms with Crippen molar-refractivity contribution < 1.29 is 9.47 Å². The van der Waals surface area contributed by atoms with Crippen LogP contribution in [0.4, 0.5) is 0 Å². The van der Waals surface area contributed by atoms with Gasteiger partial charge in [0.15, 0.2) is 0 Å². The Labute approximate surface area is 103 Å². The molecule has 0 amide bonds. The monoisotopic (exact) mass is 263 g/mol. The molecule has 5 heteroatoms. The van der Waals surface area contributed by atoms with E-state index >= 15 is 0 Å². The number of ether oxygens (including phenoxy) is 2. The predicted molar refractivity (Wildman–Crippen MR) is 76.2 cm³/mol. The second-order valence-corrected chi connectivity index (χ2v) is 17.6. The largest absolute Gasteiger partial charge is 0.380 e. The molecule has 0 bridgehead atoms. The van der Waals surface area contributed by atoms with Crippen LogP contribution in [0.15, 0.2) is 0 Å². The zero-order valence-electron chi connectivity index (χ0n) is 11.8. The first kappa shape index (κ1) is 16.3. The molecule has 0 aliphatic carbocycles. The Bertz CT molecular complexity index is 187. The summed E-state index contributed by atoms with van der Waals surface area (Å²) in [4.78, 5) is 0. The van der Waals surface area contributed by atoms with Crippen LogP contribution in [0.1, 0.15) is 0 Å². The second kappa shape index (κ2) is 6.91. The van der Waals surface area contributed by atoms with Crippen molar-refractivity contribution in [2.75, 3.05) is 19.9 Å². The first-order chi connectivity index (χ1) is 7.17. The molecular weight excluding hydrogens is 234 g/mol. The van der Waals surface area contributed by atoms with Gasteiger partial charge in [-0.1, -0.05) is 39.3 Å². The van der Waals surface area contributed by atoms with E-state index in [2.05, 4.69) is 39.3 Å². The highest BCUT2D eigenvalue weighted by atomic mass is 28.3. The third-order valence-electron chi connectivity index (χ3n) is 2.52. The number of nitrogens with two attached hydrogens (primary N) is 1. The summed E-state index contributed by atoms with van der Waals surface area (Å²) in [6.07, 6.45) is 0. The number of rotatable bonds is 8. The lowest BCUT2D eigenvalue weighted by Gasteiger charge is -2.29. The molecular formula is C11H29NO2Si2. The molecule has 1 unspecified atom stereocenters. The molecule has 0 aromatic carbocycles. The van der Waals surface area contributed by atoms with Crippen molar-refractivity contribution in [1.29, 1.82) is 0 Å². The van der Waals surface area contributed by atoms with Crippen LogP contribution in [0.5, 0.6) is 0 Å². The quantitative estimate of drug-likeness (QED) is 0.540. The minimum Gasteiger partial charge on any atom is -0.380 e. The maximum Gasteiger partial charge on any atom is 0.0941 e. The highest BCUT2D eigenvalue weighted by Crippen LogP contribution is 2.15. The van der Waals surface area contributed by atoms with E-state index in [1.54, 1.807) is 0 Å². The van der Waals surface area contributed by atoms with E-state index in [4.69, 9.17) is 15.2 Å². The third kappa shape index (κ3) is 8.46. The molecule has 0 fully saturated rings. The van der Waals surface area contributed by atoms with Crippen LogP contribution in [0.3, 0.4) is 0 Å². The van der Waals surface area contributed by atoms with E-state index in [0.29, 0.717) is 13.3 Å². The first-order valence-electron chi connectivity index (χ1n) is 6.06. The number of hydrogen-bond acceptors (Lipinski definition) is 3. The van der Waals surface area contributed by atoms with Crippen LogP contribution < -0.4 is 5.73 Å². The molecule has 98 valence electrons. The van der Waals surface area contributed by atoms with E-state index in [1.165, 1.54) is 6.04 Å². The fourth-order valence-electron chi connectivity index (χ4n) is 1.23. The lowest BCUT2D eigenvalue weighted by Crippen LogP contribution is -2.44. The fourth-order valence-corrected chi connectivity index (χ4v) is 3.20. The fraction of sp³-hybridized carbons (Fsp3) is 1.00. The van der Waals surface area contributed by atoms with Crippen LogP contribution in [-0.2, 0) is 9.47 Å². The van der Waals surface area contributed by atoms with Crippen LogP contribution in [-0.4, -0.2) is 41.8 Å². The standard InChI is InChI=1S/C11H29NO2Si2/c1-15(2,3)8-7-14-11(9-13-10-12)16(4,5)6/h11H,7-10,12H2,1-6H3. The van der Waals surface area contributed by atoms with Gasteiger partial charge in [0, 0.05) is 14.7 Å². The normalized spacial score (nSPS) is 15.2. The van der Waals surface area contributed by atoms with Gasteiger partial charge in [0.2, 0.25) is 0 Å². The molecule has 16 heavy (non-hydrogen) atoms. The summed E-state index contributed by atoms with van der Waals surface area (Å²) in [6, 6.07) is 1.22. The molecule has 2 N–H and O–H groups in total. The zero-order valence-corrected chi connectivity index (χ0v) is 13.8. The molecule has 0 radical (unpaired) electrons. The molecule has 0 aliphatic rings. The molecule has 3 nitrogen and oxygen atoms in total. The number of hydrogen-bond donors (Lipinski definition) is 1. The van der Waals surface area contributed by atoms with E-state index in [-0.39, 0.29) is 5.73 Å². The van der Waals surface area contributed by atoms with Crippen molar-refractivity contribution >= 4 is 16.1 Å². The average Bonchev–Trinajstić information content (AvgIpc) is 2.06. The SMILES string of the molecule is C[Si](C)(C)CCOC(COCN)[Si](C)(C)C. The lowest BCUT2D eigenvalue weighted by atomic mass is 10.7. The predicted octanol–water partition coefficient (Wildman–Crippen LogP) is 2.52. The van der Waals surface area contributed by atoms with E-state index in [0.717, 1.165) is 6.61 Å². The molecule has 0 saturated heterocycles. The maximum atomic E-state index is 6.00. The zero-order chi connectivity index (χ0) is 12.8. The van der Waals surface area contributed by atoms with Gasteiger partial charge in [0.1, 0.15) is 0 Å². The van der Waals surface area contributed by atoms with Gasteiger partial charge in [-0.15, -0.1) is 0 Å². The van der Waals surface area contributed by atoms with Crippen molar-refractivity contribution in [1.82, 2.24) is 0 Å². The van der Waals surface area contributed by atoms with Crippen molar-refractivity contribution in [2.24, 2.45) is 5.73 Å². The average molecular weight is 264 g/mol. The molecule has 0 aromatic rings. The van der Waals surface area contributed by atoms with Crippen LogP contribution >= 0.6 is 0 Å². The van der Waals surface area contributed by atoms with Gasteiger partial charge in [-0.25, -0.2) is 0 Å². The molecule has 0 heterocycles. The van der Waals surface area contributed by atoms with Crippen LogP contribution in [0.25, 0.3) is 0 Å². The molecule has 1 atom stereocenters. The van der Waals surface area contributed by atoms with E-state index < -0.39 is 16.1 Å². The molecule has 0 saturated carbocycles. The summed E-state index contributed by atoms with van der Waals surface area (Å²) >= 11 is 0. The van der Waals surface area contributed by atoms with Gasteiger partial charge in [-0.05, 0) is 6.04 Å². The van der Waals surface area contributed by atoms with Crippen LogP contribution in [0.2, 0.25) is 45.3 Å². The Morgan fingerprint density at radius 2 is 1.62 bits per heavy atom. The second-order valence-electron chi connectivity index (χ2n) is 6.57. The van der Waals surface area contributed by atoms with Crippen molar-refractivity contribution in [3.63, 3.8) is 0 Å². The summed E-state index contributed by atoms with van der Waals surface area (Å²) in [6.45, 7) is 15.9. The van der Waals surface area contributed by atoms with Gasteiger partial charge >= 0.3 is 0 Å². The molecule has 0 aromatic heterocycles. The van der Waals surface area contributed by atoms with E-state index in [1.807, 2.05) is 0 Å². The van der Waals surface area contributed by atoms with Gasteiger partial charge in [-0.3, -0.25) is 0 Å².